The fraction of sp³-hybridized carbons (Fsp3) is 0.571. The summed E-state index contributed by atoms with van der Waals surface area (Å²) < 4.78 is 9.89. The van der Waals surface area contributed by atoms with Crippen LogP contribution in [0.25, 0.3) is 10.6 Å². The molecule has 0 unspecified atom stereocenters. The molecule has 4 rings (SSSR count). The Labute approximate surface area is 246 Å². The van der Waals surface area contributed by atoms with Crippen molar-refractivity contribution in [3.8, 4) is 0 Å². The average molecular weight is 690 g/mol. The van der Waals surface area contributed by atoms with E-state index in [2.05, 4.69) is 88.6 Å². The Morgan fingerprint density at radius 3 is 1.14 bits per heavy atom. The van der Waals surface area contributed by atoms with Crippen molar-refractivity contribution in [2.75, 3.05) is 39.5 Å². The third kappa shape index (κ3) is 17.5. The van der Waals surface area contributed by atoms with Gasteiger partial charge >= 0.3 is 25.8 Å². The summed E-state index contributed by atoms with van der Waals surface area (Å²) in [5, 5.41) is 8.73. The van der Waals surface area contributed by atoms with Crippen LogP contribution in [0.1, 0.15) is 61.8 Å². The topological polar surface area (TPSA) is 46.7 Å². The summed E-state index contributed by atoms with van der Waals surface area (Å²) in [5.74, 6) is 0. The monoisotopic (exact) mass is 690 g/mol. The second kappa shape index (κ2) is 25.1. The maximum Gasteiger partial charge on any atom is 4.00 e. The Kier molecular flexibility index (Phi) is 27.9. The summed E-state index contributed by atoms with van der Waals surface area (Å²) in [4.78, 5) is 0. The summed E-state index contributed by atoms with van der Waals surface area (Å²) in [7, 11) is 0. The Morgan fingerprint density at radius 2 is 0.914 bits per heavy atom. The number of hydrogen-bond acceptors (Lipinski definition) is 2. The first-order valence-electron chi connectivity index (χ1n) is 12.1. The van der Waals surface area contributed by atoms with Crippen LogP contribution in [0.2, 0.25) is 0 Å². The fourth-order valence-corrected chi connectivity index (χ4v) is 3.18. The minimum Gasteiger partial charge on any atom is -1.00 e. The van der Waals surface area contributed by atoms with Gasteiger partial charge in [-0.05, 0) is 64.5 Å². The van der Waals surface area contributed by atoms with Crippen LogP contribution >= 0.6 is 0 Å². The molecular formula is C28H44Cl2HfN2O2. The SMILES string of the molecule is C1CCOC1.C1CCOC1.CC[N-]c1cccc(C)c1C.CC[N-]c1cccc(C)c1C.[Cl-].[Cl-].[Hf+4]. The zero-order valence-electron chi connectivity index (χ0n) is 22.5. The maximum absolute atomic E-state index is 4.94. The number of ether oxygens (including phenoxy) is 2. The molecule has 0 aliphatic carbocycles. The van der Waals surface area contributed by atoms with Crippen LogP contribution in [0.15, 0.2) is 36.4 Å². The van der Waals surface area contributed by atoms with E-state index in [1.807, 2.05) is 0 Å². The van der Waals surface area contributed by atoms with E-state index in [1.165, 1.54) is 47.9 Å². The van der Waals surface area contributed by atoms with E-state index < -0.39 is 0 Å². The molecule has 2 aliphatic heterocycles. The Morgan fingerprint density at radius 1 is 0.600 bits per heavy atom. The van der Waals surface area contributed by atoms with Crippen LogP contribution in [0.5, 0.6) is 0 Å². The molecular weight excluding hydrogens is 646 g/mol. The first-order valence-corrected chi connectivity index (χ1v) is 12.1. The molecule has 4 nitrogen and oxygen atoms in total. The quantitative estimate of drug-likeness (QED) is 0.463. The third-order valence-corrected chi connectivity index (χ3v) is 5.46. The number of halogens is 2. The predicted octanol–water partition coefficient (Wildman–Crippen LogP) is 2.26. The molecule has 2 fully saturated rings. The molecule has 2 heterocycles. The van der Waals surface area contributed by atoms with Gasteiger partial charge < -0.3 is 44.9 Å². The van der Waals surface area contributed by atoms with Crippen molar-refractivity contribution in [1.29, 1.82) is 0 Å². The van der Waals surface area contributed by atoms with Crippen molar-refractivity contribution in [1.82, 2.24) is 0 Å². The molecule has 0 atom stereocenters. The van der Waals surface area contributed by atoms with Crippen molar-refractivity contribution in [3.05, 3.63) is 69.3 Å². The van der Waals surface area contributed by atoms with Gasteiger partial charge in [0.25, 0.3) is 0 Å². The zero-order chi connectivity index (χ0) is 23.6. The molecule has 0 saturated carbocycles. The fourth-order valence-electron chi connectivity index (χ4n) is 3.18. The van der Waals surface area contributed by atoms with Crippen LogP contribution in [0, 0.1) is 27.7 Å². The van der Waals surface area contributed by atoms with Crippen LogP contribution in [-0.2, 0) is 35.3 Å². The number of hydrogen-bond donors (Lipinski definition) is 0. The molecule has 35 heavy (non-hydrogen) atoms. The third-order valence-electron chi connectivity index (χ3n) is 5.46. The van der Waals surface area contributed by atoms with Gasteiger partial charge in [-0.2, -0.15) is 0 Å². The Hall–Kier alpha value is -0.590. The van der Waals surface area contributed by atoms with Crippen LogP contribution in [-0.4, -0.2) is 39.5 Å². The number of benzene rings is 2. The molecule has 0 aromatic heterocycles. The van der Waals surface area contributed by atoms with Gasteiger partial charge in [-0.1, -0.05) is 61.4 Å². The molecule has 196 valence electrons. The van der Waals surface area contributed by atoms with E-state index in [9.17, 15) is 0 Å². The normalized spacial score (nSPS) is 13.0. The summed E-state index contributed by atoms with van der Waals surface area (Å²) in [6, 6.07) is 12.5. The first-order chi connectivity index (χ1) is 15.5. The number of nitrogens with zero attached hydrogens (tertiary/aromatic N) is 2. The van der Waals surface area contributed by atoms with Gasteiger partial charge in [0.15, 0.2) is 0 Å². The van der Waals surface area contributed by atoms with Gasteiger partial charge in [0.05, 0.1) is 0 Å². The predicted molar refractivity (Wildman–Crippen MR) is 139 cm³/mol. The largest absolute Gasteiger partial charge is 4.00 e. The number of rotatable bonds is 4. The van der Waals surface area contributed by atoms with Crippen LogP contribution in [0.3, 0.4) is 0 Å². The maximum atomic E-state index is 4.94. The van der Waals surface area contributed by atoms with Crippen LogP contribution in [0.4, 0.5) is 11.4 Å². The van der Waals surface area contributed by atoms with Crippen molar-refractivity contribution in [2.24, 2.45) is 0 Å². The summed E-state index contributed by atoms with van der Waals surface area (Å²) in [5.41, 5.74) is 7.50. The van der Waals surface area contributed by atoms with E-state index in [-0.39, 0.29) is 50.7 Å². The standard InChI is InChI=1S/2C10H14N.2C4H8O.2ClH.Hf/c2*1-4-11-10-7-5-6-8(2)9(10)3;2*1-2-4-5-3-1;;;/h2*5-7H,4H2,1-3H3;2*1-4H2;2*1H;/q2*-1;;;;;+4/p-2. The van der Waals surface area contributed by atoms with E-state index in [0.29, 0.717) is 0 Å². The van der Waals surface area contributed by atoms with Gasteiger partial charge in [0.1, 0.15) is 0 Å². The van der Waals surface area contributed by atoms with E-state index in [1.54, 1.807) is 0 Å². The molecule has 0 spiro atoms. The minimum absolute atomic E-state index is 0. The van der Waals surface area contributed by atoms with Crippen molar-refractivity contribution in [3.63, 3.8) is 0 Å². The Balaban J connectivity index is -0.000000400. The molecule has 2 aromatic rings. The van der Waals surface area contributed by atoms with Gasteiger partial charge in [-0.25, -0.2) is 0 Å². The van der Waals surface area contributed by atoms with Crippen LogP contribution < -0.4 is 24.8 Å². The number of aryl methyl sites for hydroxylation is 2. The van der Waals surface area contributed by atoms with Gasteiger partial charge in [-0.3, -0.25) is 0 Å². The molecule has 0 N–H and O–H groups in total. The summed E-state index contributed by atoms with van der Waals surface area (Å²) >= 11 is 0. The molecule has 2 saturated heterocycles. The van der Waals surface area contributed by atoms with Crippen molar-refractivity contribution < 1.29 is 60.1 Å². The smallest absolute Gasteiger partial charge is 1.00 e. The van der Waals surface area contributed by atoms with Gasteiger partial charge in [0, 0.05) is 26.4 Å². The first kappa shape index (κ1) is 38.9. The second-order valence-electron chi connectivity index (χ2n) is 8.03. The molecule has 0 bridgehead atoms. The second-order valence-corrected chi connectivity index (χ2v) is 8.03. The Bertz CT molecular complexity index is 677. The van der Waals surface area contributed by atoms with E-state index in [0.717, 1.165) is 50.9 Å². The van der Waals surface area contributed by atoms with Gasteiger partial charge in [0.2, 0.25) is 0 Å². The van der Waals surface area contributed by atoms with E-state index >= 15 is 0 Å². The van der Waals surface area contributed by atoms with Crippen molar-refractivity contribution >= 4 is 11.4 Å². The van der Waals surface area contributed by atoms with E-state index in [4.69, 9.17) is 9.47 Å². The summed E-state index contributed by atoms with van der Waals surface area (Å²) in [6.45, 7) is 18.3. The molecule has 7 heteroatoms. The zero-order valence-corrected chi connectivity index (χ0v) is 27.6. The minimum atomic E-state index is 0. The van der Waals surface area contributed by atoms with Crippen molar-refractivity contribution in [2.45, 2.75) is 67.2 Å². The molecule has 2 aromatic carbocycles. The molecule has 0 amide bonds. The molecule has 2 aliphatic rings. The summed E-state index contributed by atoms with van der Waals surface area (Å²) in [6.07, 6.45) is 5.11. The average Bonchev–Trinajstić information content (AvgIpc) is 3.55. The molecule has 0 radical (unpaired) electrons. The van der Waals surface area contributed by atoms with Gasteiger partial charge in [-0.15, -0.1) is 24.5 Å².